The number of urea groups is 1. The van der Waals surface area contributed by atoms with Crippen molar-refractivity contribution in [3.63, 3.8) is 0 Å². The Bertz CT molecular complexity index is 1860. The first-order chi connectivity index (χ1) is 23.4. The smallest absolute Gasteiger partial charge is 0.319 e. The number of aromatic nitrogens is 2. The van der Waals surface area contributed by atoms with Crippen molar-refractivity contribution in [2.45, 2.75) is 58.6 Å². The van der Waals surface area contributed by atoms with E-state index in [0.29, 0.717) is 33.7 Å². The predicted molar refractivity (Wildman–Crippen MR) is 192 cm³/mol. The van der Waals surface area contributed by atoms with E-state index >= 15 is 0 Å². The Morgan fingerprint density at radius 2 is 1.81 bits per heavy atom. The van der Waals surface area contributed by atoms with Crippen LogP contribution in [0.4, 0.5) is 15.6 Å². The number of hydrogen-bond acceptors (Lipinski definition) is 7. The molecule has 0 radical (unpaired) electrons. The van der Waals surface area contributed by atoms with Gasteiger partial charge in [0.1, 0.15) is 5.75 Å². The number of hydrogen-bond donors (Lipinski definition) is 4. The minimum Gasteiger partial charge on any atom is -0.445 e. The number of para-hydroxylation sites is 1. The summed E-state index contributed by atoms with van der Waals surface area (Å²) in [7, 11) is 0. The lowest BCUT2D eigenvalue weighted by Gasteiger charge is -2.29. The molecule has 3 heterocycles. The van der Waals surface area contributed by atoms with E-state index in [4.69, 9.17) is 4.74 Å². The van der Waals surface area contributed by atoms with Crippen molar-refractivity contribution in [2.75, 3.05) is 30.3 Å². The largest absolute Gasteiger partial charge is 0.445 e. The molecule has 0 spiro atoms. The topological polar surface area (TPSA) is 121 Å². The molecule has 48 heavy (non-hydrogen) atoms. The van der Waals surface area contributed by atoms with E-state index in [0.717, 1.165) is 68.5 Å². The third-order valence-electron chi connectivity index (χ3n) is 8.57. The van der Waals surface area contributed by atoms with Crippen molar-refractivity contribution in [2.24, 2.45) is 0 Å². The molecular formula is C37H42N6O4S. The number of benzene rings is 3. The fourth-order valence-electron chi connectivity index (χ4n) is 5.92. The minimum atomic E-state index is -0.257. The Morgan fingerprint density at radius 1 is 1.02 bits per heavy atom. The highest BCUT2D eigenvalue weighted by Gasteiger charge is 2.19. The molecule has 3 amide bonds. The molecule has 6 rings (SSSR count). The summed E-state index contributed by atoms with van der Waals surface area (Å²) in [6.07, 6.45) is 8.34. The van der Waals surface area contributed by atoms with E-state index in [-0.39, 0.29) is 18.0 Å². The summed E-state index contributed by atoms with van der Waals surface area (Å²) in [5.74, 6) is 0.379. The maximum Gasteiger partial charge on any atom is 0.319 e. The Kier molecular flexibility index (Phi) is 10.7. The molecule has 0 unspecified atom stereocenters. The number of anilines is 2. The highest BCUT2D eigenvalue weighted by molar-refractivity contribution is 7.17. The number of ether oxygens (including phenoxy) is 1. The molecule has 1 fully saturated rings. The zero-order valence-corrected chi connectivity index (χ0v) is 28.2. The Balaban J connectivity index is 1.06. The number of fused-ring (bicyclic) bond motifs is 1. The summed E-state index contributed by atoms with van der Waals surface area (Å²) in [6.45, 7) is 7.30. The highest BCUT2D eigenvalue weighted by Crippen LogP contribution is 2.33. The van der Waals surface area contributed by atoms with Gasteiger partial charge in [0.05, 0.1) is 17.8 Å². The molecule has 10 nitrogen and oxygen atoms in total. The van der Waals surface area contributed by atoms with Crippen LogP contribution in [-0.4, -0.2) is 57.2 Å². The minimum absolute atomic E-state index is 0.193. The number of aryl methyl sites for hydroxylation is 1. The van der Waals surface area contributed by atoms with E-state index in [1.54, 1.807) is 18.3 Å². The number of carbonyl (C=O) groups is 2. The van der Waals surface area contributed by atoms with Crippen LogP contribution in [0.15, 0.2) is 79.1 Å². The average molecular weight is 667 g/mol. The van der Waals surface area contributed by atoms with Gasteiger partial charge in [-0.15, -0.1) is 0 Å². The van der Waals surface area contributed by atoms with Gasteiger partial charge in [-0.05, 0) is 85.8 Å². The first-order valence-corrected chi connectivity index (χ1v) is 17.4. The molecule has 4 N–H and O–H groups in total. The first-order valence-electron chi connectivity index (χ1n) is 16.6. The third-order valence-corrected chi connectivity index (χ3v) is 9.36. The number of rotatable bonds is 12. The fourth-order valence-corrected chi connectivity index (χ4v) is 6.59. The number of nitrogens with one attached hydrogen (secondary N) is 3. The lowest BCUT2D eigenvalue weighted by atomic mass is 10.1. The zero-order chi connectivity index (χ0) is 33.5. The van der Waals surface area contributed by atoms with E-state index in [1.807, 2.05) is 43.3 Å². The van der Waals surface area contributed by atoms with Crippen LogP contribution in [-0.2, 0) is 6.54 Å². The zero-order valence-electron chi connectivity index (χ0n) is 27.4. The first kappa shape index (κ1) is 33.2. The van der Waals surface area contributed by atoms with E-state index in [9.17, 15) is 14.7 Å². The van der Waals surface area contributed by atoms with Crippen LogP contribution in [0, 0.1) is 6.92 Å². The molecule has 1 aliphatic rings. The number of carbonyl (C=O) groups excluding carboxylic acids is 2. The second kappa shape index (κ2) is 15.5. The van der Waals surface area contributed by atoms with Gasteiger partial charge in [-0.25, -0.2) is 9.78 Å². The quantitative estimate of drug-likeness (QED) is 0.101. The molecule has 0 bridgehead atoms. The Labute approximate surface area is 284 Å². The second-order valence-electron chi connectivity index (χ2n) is 12.2. The van der Waals surface area contributed by atoms with Crippen LogP contribution in [0.2, 0.25) is 0 Å². The third kappa shape index (κ3) is 8.22. The fraction of sp³-hybridized carbons (Fsp3) is 0.324. The van der Waals surface area contributed by atoms with Gasteiger partial charge in [-0.2, -0.15) is 0 Å². The van der Waals surface area contributed by atoms with Crippen molar-refractivity contribution < 1.29 is 19.4 Å². The Hall–Kier alpha value is -4.71. The van der Waals surface area contributed by atoms with Crippen molar-refractivity contribution in [3.05, 3.63) is 95.8 Å². The number of piperidine rings is 1. The summed E-state index contributed by atoms with van der Waals surface area (Å²) in [5, 5.41) is 20.7. The summed E-state index contributed by atoms with van der Waals surface area (Å²) >= 11 is 1.24. The predicted octanol–water partition coefficient (Wildman–Crippen LogP) is 7.71. The van der Waals surface area contributed by atoms with Crippen LogP contribution in [0.1, 0.15) is 60.5 Å². The number of likely N-dealkylation sites (tertiary alicyclic amines) is 1. The van der Waals surface area contributed by atoms with Crippen molar-refractivity contribution in [3.8, 4) is 16.5 Å². The van der Waals surface area contributed by atoms with E-state index < -0.39 is 0 Å². The highest BCUT2D eigenvalue weighted by atomic mass is 32.1. The standard InChI is InChI=1S/C37H42N6O4S/c1-3-4-7-18-38-36(46)40-28-12-15-33(25(2)21-28)47-34-22-39-37(48-34)41-35(45)26-10-13-29(14-11-26)43-24-27(31-8-5-6-9-32(31)43)23-42-19-16-30(44)17-20-42/h5-6,8-15,21-22,24,30,44H,3-4,7,16-20,23H2,1-2H3,(H2,38,40,46)(H,39,41,45). The number of unbranched alkanes of at least 4 members (excludes halogenated alkanes) is 2. The maximum absolute atomic E-state index is 13.1. The molecular weight excluding hydrogens is 625 g/mol. The lowest BCUT2D eigenvalue weighted by Crippen LogP contribution is -2.35. The second-order valence-corrected chi connectivity index (χ2v) is 13.2. The lowest BCUT2D eigenvalue weighted by molar-refractivity contribution is 0.0794. The molecule has 5 aromatic rings. The van der Waals surface area contributed by atoms with Gasteiger partial charge in [-0.3, -0.25) is 15.0 Å². The van der Waals surface area contributed by atoms with Gasteiger partial charge < -0.3 is 25.0 Å². The van der Waals surface area contributed by atoms with Gasteiger partial charge in [0, 0.05) is 54.7 Å². The van der Waals surface area contributed by atoms with Crippen LogP contribution in [0.5, 0.6) is 10.8 Å². The van der Waals surface area contributed by atoms with Gasteiger partial charge in [-0.1, -0.05) is 49.3 Å². The summed E-state index contributed by atoms with van der Waals surface area (Å²) in [5.41, 5.74) is 5.38. The number of aliphatic hydroxyl groups is 1. The molecule has 0 atom stereocenters. The van der Waals surface area contributed by atoms with Crippen LogP contribution < -0.4 is 20.7 Å². The number of amides is 3. The monoisotopic (exact) mass is 666 g/mol. The molecule has 2 aromatic heterocycles. The van der Waals surface area contributed by atoms with E-state index in [1.165, 1.54) is 22.3 Å². The molecule has 11 heteroatoms. The molecule has 0 saturated carbocycles. The van der Waals surface area contributed by atoms with Crippen LogP contribution >= 0.6 is 11.3 Å². The van der Waals surface area contributed by atoms with Gasteiger partial charge in [0.2, 0.25) is 5.06 Å². The van der Waals surface area contributed by atoms with Gasteiger partial charge >= 0.3 is 6.03 Å². The number of thiazole rings is 1. The molecule has 3 aromatic carbocycles. The molecule has 1 saturated heterocycles. The molecule has 250 valence electrons. The van der Waals surface area contributed by atoms with Gasteiger partial charge in [0.15, 0.2) is 5.13 Å². The summed E-state index contributed by atoms with van der Waals surface area (Å²) < 4.78 is 8.21. The van der Waals surface area contributed by atoms with Crippen molar-refractivity contribution >= 4 is 45.0 Å². The summed E-state index contributed by atoms with van der Waals surface area (Å²) in [4.78, 5) is 32.0. The molecule has 1 aliphatic heterocycles. The SMILES string of the molecule is CCCCCNC(=O)Nc1ccc(Oc2cnc(NC(=O)c3ccc(-n4cc(CN5CCC(O)CC5)c5ccccc54)cc3)s2)c(C)c1. The van der Waals surface area contributed by atoms with Crippen LogP contribution in [0.3, 0.4) is 0 Å². The van der Waals surface area contributed by atoms with Crippen molar-refractivity contribution in [1.29, 1.82) is 0 Å². The van der Waals surface area contributed by atoms with Crippen LogP contribution in [0.25, 0.3) is 16.6 Å². The van der Waals surface area contributed by atoms with Gasteiger partial charge in [0.25, 0.3) is 5.91 Å². The number of aliphatic hydroxyl groups excluding tert-OH is 1. The van der Waals surface area contributed by atoms with E-state index in [2.05, 4.69) is 61.7 Å². The average Bonchev–Trinajstić information content (AvgIpc) is 3.69. The van der Waals surface area contributed by atoms with Crippen molar-refractivity contribution in [1.82, 2.24) is 19.8 Å². The summed E-state index contributed by atoms with van der Waals surface area (Å²) in [6, 6.07) is 21.1. The number of nitrogens with zero attached hydrogens (tertiary/aromatic N) is 3. The molecule has 0 aliphatic carbocycles. The maximum atomic E-state index is 13.1. The normalized spacial score (nSPS) is 13.8. The Morgan fingerprint density at radius 3 is 2.58 bits per heavy atom.